The molecule has 0 aromatic heterocycles. The standard InChI is InChI=1S/C17H21NO/c1-17(10-4-5-11-19-17)16(18)15-9-8-13-6-2-3-7-14(13)12-15/h2-3,6-9,12,16H,4-5,10-11,18H2,1H3. The molecule has 0 saturated carbocycles. The zero-order valence-corrected chi connectivity index (χ0v) is 11.4. The van der Waals surface area contributed by atoms with Crippen LogP contribution in [0.5, 0.6) is 0 Å². The molecule has 1 heterocycles. The van der Waals surface area contributed by atoms with Gasteiger partial charge in [0.15, 0.2) is 0 Å². The van der Waals surface area contributed by atoms with Crippen molar-refractivity contribution in [2.24, 2.45) is 5.73 Å². The minimum Gasteiger partial charge on any atom is -0.373 e. The quantitative estimate of drug-likeness (QED) is 0.886. The fourth-order valence-corrected chi connectivity index (χ4v) is 2.95. The minimum atomic E-state index is -0.222. The van der Waals surface area contributed by atoms with Gasteiger partial charge >= 0.3 is 0 Å². The summed E-state index contributed by atoms with van der Waals surface area (Å²) in [6.45, 7) is 2.98. The van der Waals surface area contributed by atoms with Gasteiger partial charge < -0.3 is 10.5 Å². The second-order valence-electron chi connectivity index (χ2n) is 5.70. The van der Waals surface area contributed by atoms with Crippen LogP contribution in [0, 0.1) is 0 Å². The average Bonchev–Trinajstić information content (AvgIpc) is 2.47. The second kappa shape index (κ2) is 4.95. The molecule has 2 nitrogen and oxygen atoms in total. The molecule has 0 spiro atoms. The Morgan fingerprint density at radius 1 is 1.11 bits per heavy atom. The Kier molecular flexibility index (Phi) is 3.29. The molecule has 1 fully saturated rings. The summed E-state index contributed by atoms with van der Waals surface area (Å²) in [5, 5.41) is 2.50. The zero-order chi connectivity index (χ0) is 13.3. The molecule has 2 N–H and O–H groups in total. The van der Waals surface area contributed by atoms with E-state index in [1.54, 1.807) is 0 Å². The molecular formula is C17H21NO. The highest BCUT2D eigenvalue weighted by molar-refractivity contribution is 5.83. The van der Waals surface area contributed by atoms with Crippen LogP contribution in [-0.2, 0) is 4.74 Å². The molecule has 2 heteroatoms. The smallest absolute Gasteiger partial charge is 0.0846 e. The van der Waals surface area contributed by atoms with Gasteiger partial charge in [-0.25, -0.2) is 0 Å². The number of rotatable bonds is 2. The summed E-state index contributed by atoms with van der Waals surface area (Å²) in [4.78, 5) is 0. The summed E-state index contributed by atoms with van der Waals surface area (Å²) in [6.07, 6.45) is 3.40. The summed E-state index contributed by atoms with van der Waals surface area (Å²) < 4.78 is 5.97. The van der Waals surface area contributed by atoms with Gasteiger partial charge in [0.05, 0.1) is 11.6 Å². The lowest BCUT2D eigenvalue weighted by Gasteiger charge is -2.39. The third kappa shape index (κ3) is 2.38. The first-order valence-corrected chi connectivity index (χ1v) is 7.07. The first kappa shape index (κ1) is 12.6. The predicted octanol–water partition coefficient (Wildman–Crippen LogP) is 3.80. The van der Waals surface area contributed by atoms with Crippen molar-refractivity contribution in [1.82, 2.24) is 0 Å². The van der Waals surface area contributed by atoms with Gasteiger partial charge in [-0.3, -0.25) is 0 Å². The summed E-state index contributed by atoms with van der Waals surface area (Å²) in [5.74, 6) is 0. The number of ether oxygens (including phenoxy) is 1. The van der Waals surface area contributed by atoms with Crippen LogP contribution in [-0.4, -0.2) is 12.2 Å². The van der Waals surface area contributed by atoms with Crippen LogP contribution in [0.15, 0.2) is 42.5 Å². The maximum Gasteiger partial charge on any atom is 0.0846 e. The normalized spacial score (nSPS) is 25.4. The SMILES string of the molecule is CC1(C(N)c2ccc3ccccc3c2)CCCCO1. The molecule has 1 aliphatic rings. The van der Waals surface area contributed by atoms with Crippen LogP contribution in [0.3, 0.4) is 0 Å². The van der Waals surface area contributed by atoms with Crippen LogP contribution < -0.4 is 5.73 Å². The number of fused-ring (bicyclic) bond motifs is 1. The maximum atomic E-state index is 6.47. The lowest BCUT2D eigenvalue weighted by molar-refractivity contribution is -0.0820. The Balaban J connectivity index is 1.94. The van der Waals surface area contributed by atoms with E-state index >= 15 is 0 Å². The van der Waals surface area contributed by atoms with Crippen molar-refractivity contribution in [3.63, 3.8) is 0 Å². The highest BCUT2D eigenvalue weighted by atomic mass is 16.5. The van der Waals surface area contributed by atoms with Gasteiger partial charge in [0.1, 0.15) is 0 Å². The monoisotopic (exact) mass is 255 g/mol. The fourth-order valence-electron chi connectivity index (χ4n) is 2.95. The molecule has 2 aromatic rings. The molecular weight excluding hydrogens is 234 g/mol. The molecule has 100 valence electrons. The Bertz CT molecular complexity index is 572. The van der Waals surface area contributed by atoms with Crippen molar-refractivity contribution in [2.75, 3.05) is 6.61 Å². The molecule has 19 heavy (non-hydrogen) atoms. The van der Waals surface area contributed by atoms with Crippen LogP contribution in [0.2, 0.25) is 0 Å². The van der Waals surface area contributed by atoms with E-state index in [9.17, 15) is 0 Å². The van der Waals surface area contributed by atoms with E-state index in [0.29, 0.717) is 0 Å². The lowest BCUT2D eigenvalue weighted by Crippen LogP contribution is -2.43. The first-order chi connectivity index (χ1) is 9.19. The van der Waals surface area contributed by atoms with Gasteiger partial charge in [-0.2, -0.15) is 0 Å². The topological polar surface area (TPSA) is 35.2 Å². The largest absolute Gasteiger partial charge is 0.373 e. The van der Waals surface area contributed by atoms with Crippen LogP contribution in [0.25, 0.3) is 10.8 Å². The van der Waals surface area contributed by atoms with Gasteiger partial charge in [-0.1, -0.05) is 36.4 Å². The Hall–Kier alpha value is -1.38. The van der Waals surface area contributed by atoms with Crippen molar-refractivity contribution >= 4 is 10.8 Å². The van der Waals surface area contributed by atoms with Gasteiger partial charge in [-0.15, -0.1) is 0 Å². The summed E-state index contributed by atoms with van der Waals surface area (Å²) in [5.41, 5.74) is 7.42. The number of benzene rings is 2. The number of hydrogen-bond acceptors (Lipinski definition) is 2. The first-order valence-electron chi connectivity index (χ1n) is 7.07. The van der Waals surface area contributed by atoms with Crippen molar-refractivity contribution < 1.29 is 4.74 Å². The summed E-state index contributed by atoms with van der Waals surface area (Å²) in [7, 11) is 0. The van der Waals surface area contributed by atoms with Gasteiger partial charge in [-0.05, 0) is 48.6 Å². The van der Waals surface area contributed by atoms with E-state index in [2.05, 4.69) is 49.4 Å². The second-order valence-corrected chi connectivity index (χ2v) is 5.70. The molecule has 0 amide bonds. The molecule has 0 radical (unpaired) electrons. The Morgan fingerprint density at radius 2 is 1.89 bits per heavy atom. The predicted molar refractivity (Wildman–Crippen MR) is 79.1 cm³/mol. The van der Waals surface area contributed by atoms with Gasteiger partial charge in [0, 0.05) is 6.61 Å². The van der Waals surface area contributed by atoms with E-state index < -0.39 is 0 Å². The van der Waals surface area contributed by atoms with Crippen molar-refractivity contribution in [3.05, 3.63) is 48.0 Å². The van der Waals surface area contributed by atoms with E-state index in [4.69, 9.17) is 10.5 Å². The number of hydrogen-bond donors (Lipinski definition) is 1. The van der Waals surface area contributed by atoms with E-state index in [0.717, 1.165) is 19.4 Å². The molecule has 0 aliphatic carbocycles. The summed E-state index contributed by atoms with van der Waals surface area (Å²) >= 11 is 0. The third-order valence-electron chi connectivity index (χ3n) is 4.29. The molecule has 3 rings (SSSR count). The Labute approximate surface area is 114 Å². The zero-order valence-electron chi connectivity index (χ0n) is 11.4. The highest BCUT2D eigenvalue weighted by Gasteiger charge is 2.35. The van der Waals surface area contributed by atoms with Gasteiger partial charge in [0.25, 0.3) is 0 Å². The lowest BCUT2D eigenvalue weighted by atomic mass is 9.84. The van der Waals surface area contributed by atoms with Crippen LogP contribution in [0.4, 0.5) is 0 Å². The average molecular weight is 255 g/mol. The Morgan fingerprint density at radius 3 is 2.63 bits per heavy atom. The maximum absolute atomic E-state index is 6.47. The molecule has 1 aliphatic heterocycles. The van der Waals surface area contributed by atoms with Gasteiger partial charge in [0.2, 0.25) is 0 Å². The van der Waals surface area contributed by atoms with E-state index in [1.807, 2.05) is 0 Å². The molecule has 2 unspecified atom stereocenters. The summed E-state index contributed by atoms with van der Waals surface area (Å²) in [6, 6.07) is 14.8. The molecule has 0 bridgehead atoms. The van der Waals surface area contributed by atoms with Crippen LogP contribution in [0.1, 0.15) is 37.8 Å². The third-order valence-corrected chi connectivity index (χ3v) is 4.29. The fraction of sp³-hybridized carbons (Fsp3) is 0.412. The van der Waals surface area contributed by atoms with E-state index in [-0.39, 0.29) is 11.6 Å². The van der Waals surface area contributed by atoms with Crippen molar-refractivity contribution in [2.45, 2.75) is 37.8 Å². The van der Waals surface area contributed by atoms with E-state index in [1.165, 1.54) is 22.8 Å². The van der Waals surface area contributed by atoms with Crippen molar-refractivity contribution in [1.29, 1.82) is 0 Å². The van der Waals surface area contributed by atoms with Crippen LogP contribution >= 0.6 is 0 Å². The van der Waals surface area contributed by atoms with Crippen molar-refractivity contribution in [3.8, 4) is 0 Å². The highest BCUT2D eigenvalue weighted by Crippen LogP contribution is 2.35. The number of nitrogens with two attached hydrogens (primary N) is 1. The molecule has 1 saturated heterocycles. The molecule has 2 atom stereocenters. The molecule has 2 aromatic carbocycles. The minimum absolute atomic E-state index is 0.0580.